The van der Waals surface area contributed by atoms with Gasteiger partial charge in [-0.3, -0.25) is 0 Å². The van der Waals surface area contributed by atoms with Crippen LogP contribution in [-0.2, 0) is 0 Å². The molecule has 0 radical (unpaired) electrons. The largest absolute Gasteiger partial charge is 0.432 e. The van der Waals surface area contributed by atoms with Crippen molar-refractivity contribution in [3.05, 3.63) is 24.0 Å². The fraction of sp³-hybridized carbons (Fsp3) is 0.571. The molecule has 0 atom stereocenters. The normalized spacial score (nSPS) is 17.4. The van der Waals surface area contributed by atoms with E-state index < -0.39 is 18.2 Å². The number of ether oxygens (including phenoxy) is 1. The molecule has 20 heavy (non-hydrogen) atoms. The Morgan fingerprint density at radius 3 is 2.65 bits per heavy atom. The maximum absolute atomic E-state index is 13.5. The van der Waals surface area contributed by atoms with E-state index in [4.69, 9.17) is 0 Å². The fourth-order valence-electron chi connectivity index (χ4n) is 2.33. The van der Waals surface area contributed by atoms with E-state index >= 15 is 0 Å². The van der Waals surface area contributed by atoms with Gasteiger partial charge >= 0.3 is 6.61 Å². The first kappa shape index (κ1) is 15.0. The summed E-state index contributed by atoms with van der Waals surface area (Å²) in [6.07, 6.45) is 2.22. The number of halogens is 3. The molecule has 1 heterocycles. The van der Waals surface area contributed by atoms with Crippen molar-refractivity contribution in [3.8, 4) is 5.75 Å². The molecular weight excluding hydrogens is 269 g/mol. The number of anilines is 1. The number of nitrogens with one attached hydrogen (secondary N) is 1. The van der Waals surface area contributed by atoms with Crippen molar-refractivity contribution in [1.82, 2.24) is 4.90 Å². The first-order valence-electron chi connectivity index (χ1n) is 6.71. The van der Waals surface area contributed by atoms with Gasteiger partial charge in [-0.15, -0.1) is 0 Å². The van der Waals surface area contributed by atoms with Gasteiger partial charge in [0.25, 0.3) is 0 Å². The standard InChI is InChI=1S/C14H19F3N2O/c1-19-6-4-10(5-7-19)9-18-11-2-3-13(12(15)8-11)20-14(16)17/h2-3,8,10,14,18H,4-7,9H2,1H3. The van der Waals surface area contributed by atoms with Gasteiger partial charge in [0.2, 0.25) is 0 Å². The lowest BCUT2D eigenvalue weighted by Gasteiger charge is -2.29. The maximum Gasteiger partial charge on any atom is 0.387 e. The van der Waals surface area contributed by atoms with E-state index in [1.165, 1.54) is 12.1 Å². The number of piperidine rings is 1. The molecule has 1 aromatic carbocycles. The second kappa shape index (κ2) is 6.83. The molecule has 0 saturated carbocycles. The van der Waals surface area contributed by atoms with Crippen LogP contribution >= 0.6 is 0 Å². The second-order valence-corrected chi connectivity index (χ2v) is 5.15. The van der Waals surface area contributed by atoms with Gasteiger partial charge in [-0.25, -0.2) is 4.39 Å². The summed E-state index contributed by atoms with van der Waals surface area (Å²) in [4.78, 5) is 2.28. The summed E-state index contributed by atoms with van der Waals surface area (Å²) in [5.74, 6) is -0.644. The molecule has 3 nitrogen and oxygen atoms in total. The molecule has 0 bridgehead atoms. The van der Waals surface area contributed by atoms with Crippen LogP contribution in [0.5, 0.6) is 5.75 Å². The third-order valence-electron chi connectivity index (χ3n) is 3.58. The zero-order valence-corrected chi connectivity index (χ0v) is 11.4. The molecular formula is C14H19F3N2O. The lowest BCUT2D eigenvalue weighted by molar-refractivity contribution is -0.0521. The predicted molar refractivity (Wildman–Crippen MR) is 71.7 cm³/mol. The van der Waals surface area contributed by atoms with Crippen LogP contribution in [0.4, 0.5) is 18.9 Å². The Labute approximate surface area is 116 Å². The van der Waals surface area contributed by atoms with Gasteiger partial charge in [0.05, 0.1) is 0 Å². The first-order chi connectivity index (χ1) is 9.54. The van der Waals surface area contributed by atoms with Gasteiger partial charge in [0.15, 0.2) is 11.6 Å². The Balaban J connectivity index is 1.85. The second-order valence-electron chi connectivity index (χ2n) is 5.15. The summed E-state index contributed by atoms with van der Waals surface area (Å²) in [6.45, 7) is -0.103. The van der Waals surface area contributed by atoms with Crippen molar-refractivity contribution in [3.63, 3.8) is 0 Å². The van der Waals surface area contributed by atoms with Crippen LogP contribution in [-0.4, -0.2) is 38.2 Å². The van der Waals surface area contributed by atoms with Crippen molar-refractivity contribution >= 4 is 5.69 Å². The molecule has 1 aromatic rings. The first-order valence-corrected chi connectivity index (χ1v) is 6.71. The summed E-state index contributed by atoms with van der Waals surface area (Å²) in [7, 11) is 2.10. The molecule has 112 valence electrons. The summed E-state index contributed by atoms with van der Waals surface area (Å²) < 4.78 is 41.6. The molecule has 6 heteroatoms. The number of hydrogen-bond acceptors (Lipinski definition) is 3. The van der Waals surface area contributed by atoms with Gasteiger partial charge in [0, 0.05) is 18.3 Å². The van der Waals surface area contributed by atoms with Crippen molar-refractivity contribution in [1.29, 1.82) is 0 Å². The Bertz CT molecular complexity index is 434. The topological polar surface area (TPSA) is 24.5 Å². The van der Waals surface area contributed by atoms with E-state index in [1.807, 2.05) is 0 Å². The molecule has 1 saturated heterocycles. The summed E-state index contributed by atoms with van der Waals surface area (Å²) in [5, 5.41) is 3.15. The Morgan fingerprint density at radius 2 is 2.05 bits per heavy atom. The molecule has 0 unspecified atom stereocenters. The third-order valence-corrected chi connectivity index (χ3v) is 3.58. The van der Waals surface area contributed by atoms with Crippen molar-refractivity contribution in [2.24, 2.45) is 5.92 Å². The lowest BCUT2D eigenvalue weighted by atomic mass is 9.97. The SMILES string of the molecule is CN1CCC(CNc2ccc(OC(F)F)c(F)c2)CC1. The van der Waals surface area contributed by atoms with Gasteiger partial charge in [-0.2, -0.15) is 8.78 Å². The minimum absolute atomic E-state index is 0.426. The predicted octanol–water partition coefficient (Wildman–Crippen LogP) is 3.18. The van der Waals surface area contributed by atoms with Crippen molar-refractivity contribution in [2.75, 3.05) is 32.0 Å². The van der Waals surface area contributed by atoms with Crippen molar-refractivity contribution < 1.29 is 17.9 Å². The zero-order chi connectivity index (χ0) is 14.5. The fourth-order valence-corrected chi connectivity index (χ4v) is 2.33. The van der Waals surface area contributed by atoms with Crippen molar-refractivity contribution in [2.45, 2.75) is 19.5 Å². The number of rotatable bonds is 5. The highest BCUT2D eigenvalue weighted by Crippen LogP contribution is 2.24. The zero-order valence-electron chi connectivity index (χ0n) is 11.4. The molecule has 0 aromatic heterocycles. The minimum Gasteiger partial charge on any atom is -0.432 e. The van der Waals surface area contributed by atoms with Crippen LogP contribution < -0.4 is 10.1 Å². The van der Waals surface area contributed by atoms with Crippen LogP contribution in [0.3, 0.4) is 0 Å². The summed E-state index contributed by atoms with van der Waals surface area (Å²) >= 11 is 0. The average Bonchev–Trinajstić information content (AvgIpc) is 2.40. The maximum atomic E-state index is 13.5. The third kappa shape index (κ3) is 4.30. The van der Waals surface area contributed by atoms with Crippen LogP contribution in [0.15, 0.2) is 18.2 Å². The van der Waals surface area contributed by atoms with E-state index in [-0.39, 0.29) is 0 Å². The Morgan fingerprint density at radius 1 is 1.35 bits per heavy atom. The smallest absolute Gasteiger partial charge is 0.387 e. The van der Waals surface area contributed by atoms with Gasteiger partial charge in [-0.05, 0) is 51.0 Å². The van der Waals surface area contributed by atoms with E-state index in [1.54, 1.807) is 6.07 Å². The van der Waals surface area contributed by atoms with E-state index in [9.17, 15) is 13.2 Å². The number of benzene rings is 1. The van der Waals surface area contributed by atoms with Crippen LogP contribution in [0.2, 0.25) is 0 Å². The summed E-state index contributed by atoms with van der Waals surface area (Å²) in [6, 6.07) is 3.96. The van der Waals surface area contributed by atoms with Gasteiger partial charge < -0.3 is 15.0 Å². The summed E-state index contributed by atoms with van der Waals surface area (Å²) in [5.41, 5.74) is 0.586. The van der Waals surface area contributed by atoms with E-state index in [0.29, 0.717) is 11.6 Å². The molecule has 1 aliphatic rings. The number of nitrogens with zero attached hydrogens (tertiary/aromatic N) is 1. The molecule has 0 aliphatic carbocycles. The number of alkyl halides is 2. The van der Waals surface area contributed by atoms with Crippen LogP contribution in [0, 0.1) is 11.7 Å². The monoisotopic (exact) mass is 288 g/mol. The molecule has 2 rings (SSSR count). The number of hydrogen-bond donors (Lipinski definition) is 1. The number of likely N-dealkylation sites (tertiary alicyclic amines) is 1. The van der Waals surface area contributed by atoms with Crippen LogP contribution in [0.1, 0.15) is 12.8 Å². The molecule has 1 aliphatic heterocycles. The van der Waals surface area contributed by atoms with E-state index in [2.05, 4.69) is 22.0 Å². The van der Waals surface area contributed by atoms with Gasteiger partial charge in [-0.1, -0.05) is 0 Å². The highest BCUT2D eigenvalue weighted by molar-refractivity contribution is 5.47. The molecule has 1 N–H and O–H groups in total. The van der Waals surface area contributed by atoms with E-state index in [0.717, 1.165) is 32.5 Å². The lowest BCUT2D eigenvalue weighted by Crippen LogP contribution is -2.32. The Hall–Kier alpha value is -1.43. The van der Waals surface area contributed by atoms with Crippen LogP contribution in [0.25, 0.3) is 0 Å². The minimum atomic E-state index is -3.01. The highest BCUT2D eigenvalue weighted by atomic mass is 19.3. The molecule has 0 spiro atoms. The molecule has 1 fully saturated rings. The highest BCUT2D eigenvalue weighted by Gasteiger charge is 2.16. The van der Waals surface area contributed by atoms with Gasteiger partial charge in [0.1, 0.15) is 0 Å². The Kier molecular flexibility index (Phi) is 5.11. The average molecular weight is 288 g/mol. The quantitative estimate of drug-likeness (QED) is 0.900. The molecule has 0 amide bonds.